The molecule has 1 atom stereocenters. The number of nitrogen functional groups attached to an aromatic ring is 1. The highest BCUT2D eigenvalue weighted by Gasteiger charge is 2.35. The van der Waals surface area contributed by atoms with E-state index in [4.69, 9.17) is 19.9 Å². The number of aryl methyl sites for hydroxylation is 1. The minimum Gasteiger partial charge on any atom is -0.382 e. The van der Waals surface area contributed by atoms with Crippen LogP contribution < -0.4 is 5.73 Å². The molecule has 3 heterocycles. The highest BCUT2D eigenvalue weighted by Crippen LogP contribution is 2.43. The zero-order chi connectivity index (χ0) is 28.8. The van der Waals surface area contributed by atoms with Crippen molar-refractivity contribution in [2.24, 2.45) is 5.92 Å². The number of nitrogens with two attached hydrogens (primary N) is 1. The molecule has 0 aliphatic heterocycles. The molecule has 0 saturated heterocycles. The molecule has 0 spiro atoms. The molecule has 1 fully saturated rings. The van der Waals surface area contributed by atoms with Crippen molar-refractivity contribution >= 4 is 32.4 Å². The first-order valence-electron chi connectivity index (χ1n) is 14.2. The van der Waals surface area contributed by atoms with Gasteiger partial charge in [0.1, 0.15) is 22.9 Å². The van der Waals surface area contributed by atoms with E-state index in [1.54, 1.807) is 30.5 Å². The molecule has 2 aliphatic carbocycles. The summed E-state index contributed by atoms with van der Waals surface area (Å²) >= 11 is 0. The molecule has 1 unspecified atom stereocenters. The number of fused-ring (bicyclic) bond motifs is 2. The number of nitrogens with zero attached hydrogens (tertiary/aromatic N) is 4. The van der Waals surface area contributed by atoms with E-state index in [9.17, 15) is 8.42 Å². The molecule has 8 nitrogen and oxygen atoms in total. The van der Waals surface area contributed by atoms with Gasteiger partial charge in [-0.3, -0.25) is 13.6 Å². The molecular weight excluding hydrogens is 546 g/mol. The predicted octanol–water partition coefficient (Wildman–Crippen LogP) is 6.33. The van der Waals surface area contributed by atoms with Crippen LogP contribution in [0.1, 0.15) is 48.2 Å². The fourth-order valence-corrected chi connectivity index (χ4v) is 6.88. The van der Waals surface area contributed by atoms with E-state index in [0.717, 1.165) is 64.0 Å². The third-order valence-corrected chi connectivity index (χ3v) is 9.62. The Kier molecular flexibility index (Phi) is 6.63. The standard InChI is InChI=1S/C33H31N5O3S/c1-21-7-12-27(13-8-21)42(39,40)41-20-22-17-26(18-22)33-37-30(31-32(34)35-15-16-38(31)33)25-10-9-24-11-14-28(36-29(24)19-25)23-5-3-2-4-6-23/h2-5,7-16,19,22-23,26H,6,17-18,20H2,1H3,(H2,34,35). The van der Waals surface area contributed by atoms with Gasteiger partial charge in [-0.2, -0.15) is 8.42 Å². The second kappa shape index (κ2) is 10.5. The molecule has 2 N–H and O–H groups in total. The Balaban J connectivity index is 1.14. The fraction of sp³-hybridized carbons (Fsp3) is 0.242. The van der Waals surface area contributed by atoms with Gasteiger partial charge in [0.05, 0.1) is 17.0 Å². The van der Waals surface area contributed by atoms with E-state index >= 15 is 0 Å². The topological polar surface area (TPSA) is 112 Å². The fourth-order valence-electron chi connectivity index (χ4n) is 5.90. The smallest absolute Gasteiger partial charge is 0.296 e. The molecule has 7 rings (SSSR count). The van der Waals surface area contributed by atoms with Crippen LogP contribution >= 0.6 is 0 Å². The number of aromatic nitrogens is 4. The molecule has 0 amide bonds. The normalized spacial score (nSPS) is 20.3. The lowest BCUT2D eigenvalue weighted by Gasteiger charge is -2.34. The van der Waals surface area contributed by atoms with Crippen molar-refractivity contribution in [1.82, 2.24) is 19.4 Å². The second-order valence-electron chi connectivity index (χ2n) is 11.2. The highest BCUT2D eigenvalue weighted by molar-refractivity contribution is 7.86. The third-order valence-electron chi connectivity index (χ3n) is 8.33. The van der Waals surface area contributed by atoms with Crippen LogP contribution in [0.4, 0.5) is 5.82 Å². The van der Waals surface area contributed by atoms with Crippen LogP contribution in [-0.2, 0) is 14.3 Å². The Morgan fingerprint density at radius 1 is 1.02 bits per heavy atom. The van der Waals surface area contributed by atoms with Crippen molar-refractivity contribution in [3.05, 3.63) is 108 Å². The van der Waals surface area contributed by atoms with Gasteiger partial charge in [-0.25, -0.2) is 9.97 Å². The summed E-state index contributed by atoms with van der Waals surface area (Å²) in [6.07, 6.45) is 14.6. The summed E-state index contributed by atoms with van der Waals surface area (Å²) < 4.78 is 32.7. The molecule has 212 valence electrons. The summed E-state index contributed by atoms with van der Waals surface area (Å²) in [6.45, 7) is 2.07. The number of anilines is 1. The first kappa shape index (κ1) is 26.6. The van der Waals surface area contributed by atoms with Crippen LogP contribution in [0, 0.1) is 12.8 Å². The molecule has 9 heteroatoms. The van der Waals surface area contributed by atoms with Crippen LogP contribution in [0.3, 0.4) is 0 Å². The van der Waals surface area contributed by atoms with E-state index in [-0.39, 0.29) is 29.3 Å². The van der Waals surface area contributed by atoms with E-state index in [1.165, 1.54) is 0 Å². The summed E-state index contributed by atoms with van der Waals surface area (Å²) in [5, 5.41) is 1.06. The van der Waals surface area contributed by atoms with Gasteiger partial charge in [-0.05, 0) is 56.4 Å². The second-order valence-corrected chi connectivity index (χ2v) is 12.8. The van der Waals surface area contributed by atoms with Crippen molar-refractivity contribution in [1.29, 1.82) is 0 Å². The molecular formula is C33H31N5O3S. The molecule has 5 aromatic rings. The zero-order valence-corrected chi connectivity index (χ0v) is 24.0. The molecule has 2 aliphatic rings. The van der Waals surface area contributed by atoms with Crippen LogP contribution in [-0.4, -0.2) is 34.4 Å². The summed E-state index contributed by atoms with van der Waals surface area (Å²) in [6, 6.07) is 17.1. The predicted molar refractivity (Wildman–Crippen MR) is 164 cm³/mol. The van der Waals surface area contributed by atoms with Crippen molar-refractivity contribution in [3.63, 3.8) is 0 Å². The first-order chi connectivity index (χ1) is 20.4. The van der Waals surface area contributed by atoms with E-state index in [0.29, 0.717) is 5.82 Å². The van der Waals surface area contributed by atoms with Crippen molar-refractivity contribution < 1.29 is 12.6 Å². The molecule has 3 aromatic heterocycles. The summed E-state index contributed by atoms with van der Waals surface area (Å²) in [5.74, 6) is 1.85. The van der Waals surface area contributed by atoms with Gasteiger partial charge in [0.25, 0.3) is 10.1 Å². The van der Waals surface area contributed by atoms with Crippen molar-refractivity contribution in [3.8, 4) is 11.3 Å². The number of benzene rings is 2. The Bertz CT molecular complexity index is 1970. The minimum absolute atomic E-state index is 0.122. The Morgan fingerprint density at radius 3 is 2.62 bits per heavy atom. The van der Waals surface area contributed by atoms with Crippen LogP contribution in [0.25, 0.3) is 27.7 Å². The lowest BCUT2D eigenvalue weighted by atomic mass is 9.75. The quantitative estimate of drug-likeness (QED) is 0.225. The number of hydrogen-bond acceptors (Lipinski definition) is 7. The number of imidazole rings is 1. The Morgan fingerprint density at radius 2 is 1.83 bits per heavy atom. The van der Waals surface area contributed by atoms with Gasteiger partial charge < -0.3 is 5.73 Å². The number of allylic oxidation sites excluding steroid dienone is 4. The lowest BCUT2D eigenvalue weighted by Crippen LogP contribution is -2.28. The van der Waals surface area contributed by atoms with Gasteiger partial charge in [-0.15, -0.1) is 0 Å². The largest absolute Gasteiger partial charge is 0.382 e. The van der Waals surface area contributed by atoms with Crippen LogP contribution in [0.15, 0.2) is 96.2 Å². The summed E-state index contributed by atoms with van der Waals surface area (Å²) in [5.41, 5.74) is 11.8. The van der Waals surface area contributed by atoms with Gasteiger partial charge >= 0.3 is 0 Å². The van der Waals surface area contributed by atoms with Crippen LogP contribution in [0.5, 0.6) is 0 Å². The van der Waals surface area contributed by atoms with Gasteiger partial charge in [0.15, 0.2) is 0 Å². The van der Waals surface area contributed by atoms with E-state index < -0.39 is 10.1 Å². The number of rotatable bonds is 7. The van der Waals surface area contributed by atoms with Gasteiger partial charge in [0, 0.05) is 40.9 Å². The third kappa shape index (κ3) is 4.88. The molecule has 0 radical (unpaired) electrons. The Hall–Kier alpha value is -4.34. The minimum atomic E-state index is -3.79. The maximum absolute atomic E-state index is 12.6. The van der Waals surface area contributed by atoms with Crippen molar-refractivity contribution in [2.45, 2.75) is 42.9 Å². The Labute approximate surface area is 244 Å². The average molecular weight is 578 g/mol. The highest BCUT2D eigenvalue weighted by atomic mass is 32.2. The maximum atomic E-state index is 12.6. The molecule has 0 bridgehead atoms. The average Bonchev–Trinajstić information content (AvgIpc) is 3.37. The number of hydrogen-bond donors (Lipinski definition) is 1. The summed E-state index contributed by atoms with van der Waals surface area (Å²) in [4.78, 5) is 14.6. The number of pyridine rings is 1. The zero-order valence-electron chi connectivity index (χ0n) is 23.2. The van der Waals surface area contributed by atoms with Crippen LogP contribution in [0.2, 0.25) is 0 Å². The first-order valence-corrected chi connectivity index (χ1v) is 15.6. The maximum Gasteiger partial charge on any atom is 0.296 e. The molecule has 42 heavy (non-hydrogen) atoms. The summed E-state index contributed by atoms with van der Waals surface area (Å²) in [7, 11) is -3.79. The lowest BCUT2D eigenvalue weighted by molar-refractivity contribution is 0.158. The molecule has 1 saturated carbocycles. The van der Waals surface area contributed by atoms with Crippen molar-refractivity contribution in [2.75, 3.05) is 12.3 Å². The van der Waals surface area contributed by atoms with Gasteiger partial charge in [0.2, 0.25) is 0 Å². The van der Waals surface area contributed by atoms with E-state index in [1.807, 2.05) is 17.5 Å². The monoisotopic (exact) mass is 577 g/mol. The van der Waals surface area contributed by atoms with E-state index in [2.05, 4.69) is 59.6 Å². The SMILES string of the molecule is Cc1ccc(S(=O)(=O)OCC2CC(c3nc(-c4ccc5ccc(C6C=CC=CC6)nc5c4)c4c(N)nccn34)C2)cc1. The molecule has 2 aromatic carbocycles. The van der Waals surface area contributed by atoms with Gasteiger partial charge in [-0.1, -0.05) is 60.2 Å².